The van der Waals surface area contributed by atoms with Gasteiger partial charge in [0, 0.05) is 18.3 Å². The zero-order valence-electron chi connectivity index (χ0n) is 5.72. The van der Waals surface area contributed by atoms with Gasteiger partial charge in [0.2, 0.25) is 0 Å². The van der Waals surface area contributed by atoms with Crippen LogP contribution in [0.25, 0.3) is 0 Å². The average molecular weight is 121 g/mol. The maximum Gasteiger partial charge on any atom is 0.0265 e. The third kappa shape index (κ3) is 0.913. The van der Waals surface area contributed by atoms with Crippen LogP contribution in [-0.4, -0.2) is 5.71 Å². The third-order valence-corrected chi connectivity index (χ3v) is 2.01. The zero-order valence-corrected chi connectivity index (χ0v) is 5.72. The van der Waals surface area contributed by atoms with Gasteiger partial charge in [-0.15, -0.1) is 0 Å². The van der Waals surface area contributed by atoms with Gasteiger partial charge in [-0.2, -0.15) is 0 Å². The van der Waals surface area contributed by atoms with Crippen molar-refractivity contribution < 1.29 is 0 Å². The van der Waals surface area contributed by atoms with Crippen LogP contribution in [0.15, 0.2) is 16.8 Å². The minimum atomic E-state index is 0.922. The predicted molar refractivity (Wildman–Crippen MR) is 38.5 cm³/mol. The summed E-state index contributed by atoms with van der Waals surface area (Å²) in [6.45, 7) is 2.10. The molecular weight excluding hydrogens is 110 g/mol. The standard InChI is InChI=1S/C8H11N/c1-6-4-8(5-9-6)7-2-3-7/h5,7H,2-4H2,1H3. The van der Waals surface area contributed by atoms with Crippen LogP contribution in [0.4, 0.5) is 0 Å². The number of aliphatic imine (C=N–C) groups is 1. The molecule has 0 aromatic rings. The van der Waals surface area contributed by atoms with E-state index in [0.717, 1.165) is 12.3 Å². The van der Waals surface area contributed by atoms with Crippen molar-refractivity contribution in [2.45, 2.75) is 26.2 Å². The van der Waals surface area contributed by atoms with Crippen molar-refractivity contribution in [3.05, 3.63) is 11.8 Å². The van der Waals surface area contributed by atoms with E-state index in [4.69, 9.17) is 0 Å². The molecule has 0 bridgehead atoms. The van der Waals surface area contributed by atoms with Gasteiger partial charge in [0.15, 0.2) is 0 Å². The Hall–Kier alpha value is -0.590. The molecule has 1 heterocycles. The fraction of sp³-hybridized carbons (Fsp3) is 0.625. The molecule has 0 saturated heterocycles. The highest BCUT2D eigenvalue weighted by molar-refractivity contribution is 5.87. The quantitative estimate of drug-likeness (QED) is 0.504. The van der Waals surface area contributed by atoms with Crippen LogP contribution >= 0.6 is 0 Å². The minimum absolute atomic E-state index is 0.922. The number of hydrogen-bond donors (Lipinski definition) is 0. The van der Waals surface area contributed by atoms with E-state index in [1.807, 2.05) is 0 Å². The summed E-state index contributed by atoms with van der Waals surface area (Å²) in [4.78, 5) is 4.23. The molecule has 1 heteroatoms. The summed E-state index contributed by atoms with van der Waals surface area (Å²) in [5, 5.41) is 0. The van der Waals surface area contributed by atoms with Crippen LogP contribution in [0.1, 0.15) is 26.2 Å². The van der Waals surface area contributed by atoms with Gasteiger partial charge in [-0.3, -0.25) is 4.99 Å². The molecule has 1 fully saturated rings. The van der Waals surface area contributed by atoms with E-state index in [2.05, 4.69) is 18.1 Å². The van der Waals surface area contributed by atoms with Gasteiger partial charge in [0.05, 0.1) is 0 Å². The fourth-order valence-electron chi connectivity index (χ4n) is 1.28. The Morgan fingerprint density at radius 3 is 2.78 bits per heavy atom. The molecule has 1 aliphatic carbocycles. The molecule has 0 spiro atoms. The molecule has 9 heavy (non-hydrogen) atoms. The fourth-order valence-corrected chi connectivity index (χ4v) is 1.28. The number of nitrogens with zero attached hydrogens (tertiary/aromatic N) is 1. The monoisotopic (exact) mass is 121 g/mol. The first-order valence-corrected chi connectivity index (χ1v) is 3.58. The van der Waals surface area contributed by atoms with E-state index in [-0.39, 0.29) is 0 Å². The summed E-state index contributed by atoms with van der Waals surface area (Å²) >= 11 is 0. The molecular formula is C8H11N. The summed E-state index contributed by atoms with van der Waals surface area (Å²) in [7, 11) is 0. The second kappa shape index (κ2) is 1.69. The van der Waals surface area contributed by atoms with E-state index in [1.165, 1.54) is 18.6 Å². The Kier molecular flexibility index (Phi) is 0.981. The minimum Gasteiger partial charge on any atom is -0.266 e. The maximum atomic E-state index is 4.23. The normalized spacial score (nSPS) is 25.9. The smallest absolute Gasteiger partial charge is 0.0265 e. The van der Waals surface area contributed by atoms with Crippen LogP contribution in [0.3, 0.4) is 0 Å². The van der Waals surface area contributed by atoms with Crippen molar-refractivity contribution in [2.24, 2.45) is 10.9 Å². The Labute approximate surface area is 55.5 Å². The highest BCUT2D eigenvalue weighted by atomic mass is 14.7. The van der Waals surface area contributed by atoms with Gasteiger partial charge < -0.3 is 0 Å². The van der Waals surface area contributed by atoms with Gasteiger partial charge in [0.1, 0.15) is 0 Å². The molecule has 0 atom stereocenters. The van der Waals surface area contributed by atoms with E-state index in [1.54, 1.807) is 5.57 Å². The summed E-state index contributed by atoms with van der Waals surface area (Å²) in [5.74, 6) is 0.922. The van der Waals surface area contributed by atoms with Gasteiger partial charge in [-0.1, -0.05) is 0 Å². The lowest BCUT2D eigenvalue weighted by molar-refractivity contribution is 0.979. The first-order chi connectivity index (χ1) is 4.36. The Morgan fingerprint density at radius 1 is 1.56 bits per heavy atom. The maximum absolute atomic E-state index is 4.23. The lowest BCUT2D eigenvalue weighted by Crippen LogP contribution is -1.88. The van der Waals surface area contributed by atoms with Crippen molar-refractivity contribution in [1.82, 2.24) is 0 Å². The van der Waals surface area contributed by atoms with Crippen LogP contribution < -0.4 is 0 Å². The highest BCUT2D eigenvalue weighted by Crippen LogP contribution is 2.39. The molecule has 2 rings (SSSR count). The Morgan fingerprint density at radius 2 is 2.33 bits per heavy atom. The molecule has 1 saturated carbocycles. The molecule has 0 unspecified atom stereocenters. The largest absolute Gasteiger partial charge is 0.266 e. The highest BCUT2D eigenvalue weighted by Gasteiger charge is 2.27. The number of rotatable bonds is 1. The predicted octanol–water partition coefficient (Wildman–Crippen LogP) is 2.14. The van der Waals surface area contributed by atoms with Gasteiger partial charge in [-0.05, 0) is 31.3 Å². The molecule has 0 N–H and O–H groups in total. The van der Waals surface area contributed by atoms with E-state index < -0.39 is 0 Å². The Bertz CT molecular complexity index is 185. The molecule has 0 aromatic heterocycles. The molecule has 0 radical (unpaired) electrons. The van der Waals surface area contributed by atoms with Crippen LogP contribution in [-0.2, 0) is 0 Å². The lowest BCUT2D eigenvalue weighted by atomic mass is 10.1. The van der Waals surface area contributed by atoms with Gasteiger partial charge in [-0.25, -0.2) is 0 Å². The molecule has 2 aliphatic rings. The van der Waals surface area contributed by atoms with Crippen LogP contribution in [0, 0.1) is 5.92 Å². The number of allylic oxidation sites excluding steroid dienone is 1. The topological polar surface area (TPSA) is 12.4 Å². The van der Waals surface area contributed by atoms with E-state index >= 15 is 0 Å². The molecule has 1 nitrogen and oxygen atoms in total. The van der Waals surface area contributed by atoms with Crippen LogP contribution in [0.5, 0.6) is 0 Å². The first-order valence-electron chi connectivity index (χ1n) is 3.58. The van der Waals surface area contributed by atoms with E-state index in [9.17, 15) is 0 Å². The summed E-state index contributed by atoms with van der Waals surface area (Å²) in [6.07, 6.45) is 6.04. The van der Waals surface area contributed by atoms with Crippen molar-refractivity contribution in [3.63, 3.8) is 0 Å². The lowest BCUT2D eigenvalue weighted by Gasteiger charge is -1.93. The SMILES string of the molecule is CC1=NC=C(C2CC2)C1. The molecule has 48 valence electrons. The third-order valence-electron chi connectivity index (χ3n) is 2.01. The Balaban J connectivity index is 2.04. The van der Waals surface area contributed by atoms with Crippen molar-refractivity contribution in [2.75, 3.05) is 0 Å². The molecule has 0 amide bonds. The van der Waals surface area contributed by atoms with Crippen molar-refractivity contribution in [3.8, 4) is 0 Å². The van der Waals surface area contributed by atoms with Crippen molar-refractivity contribution in [1.29, 1.82) is 0 Å². The van der Waals surface area contributed by atoms with E-state index in [0.29, 0.717) is 0 Å². The molecule has 1 aliphatic heterocycles. The summed E-state index contributed by atoms with van der Waals surface area (Å²) in [5.41, 5.74) is 2.87. The molecule has 0 aromatic carbocycles. The average Bonchev–Trinajstić information content (AvgIpc) is 2.58. The second-order valence-electron chi connectivity index (χ2n) is 3.02. The van der Waals surface area contributed by atoms with Crippen LogP contribution in [0.2, 0.25) is 0 Å². The second-order valence-corrected chi connectivity index (χ2v) is 3.02. The van der Waals surface area contributed by atoms with Crippen molar-refractivity contribution >= 4 is 5.71 Å². The number of hydrogen-bond acceptors (Lipinski definition) is 1. The summed E-state index contributed by atoms with van der Waals surface area (Å²) < 4.78 is 0. The first kappa shape index (κ1) is 5.21. The van der Waals surface area contributed by atoms with Gasteiger partial charge >= 0.3 is 0 Å². The zero-order chi connectivity index (χ0) is 6.27. The summed E-state index contributed by atoms with van der Waals surface area (Å²) in [6, 6.07) is 0. The van der Waals surface area contributed by atoms with Gasteiger partial charge in [0.25, 0.3) is 0 Å².